The second-order valence-electron chi connectivity index (χ2n) is 5.12. The van der Waals surface area contributed by atoms with E-state index in [9.17, 15) is 4.79 Å². The standard InChI is InChI=1S/C14H16O4/c1-14-7-10-9(11(14)6-13(15)18-14)4-8(16-2)5-12(10)17-3/h4-5,11H,6-7H2,1-3H3/t11-,14+/m1/s1. The SMILES string of the molecule is COc1cc(OC)c2c(c1)[C@H]1CC(=O)O[C@@]1(C)C2. The van der Waals surface area contributed by atoms with Crippen molar-refractivity contribution in [1.29, 1.82) is 0 Å². The molecule has 0 saturated carbocycles. The predicted octanol–water partition coefficient (Wildman–Crippen LogP) is 2.05. The number of ether oxygens (including phenoxy) is 3. The van der Waals surface area contributed by atoms with Crippen molar-refractivity contribution in [2.24, 2.45) is 0 Å². The molecule has 0 radical (unpaired) electrons. The Labute approximate surface area is 106 Å². The third-order valence-corrected chi connectivity index (χ3v) is 4.03. The number of hydrogen-bond donors (Lipinski definition) is 0. The fourth-order valence-electron chi connectivity index (χ4n) is 3.15. The molecule has 2 aliphatic rings. The molecule has 0 aromatic heterocycles. The first-order valence-corrected chi connectivity index (χ1v) is 6.04. The summed E-state index contributed by atoms with van der Waals surface area (Å²) in [6, 6.07) is 3.88. The van der Waals surface area contributed by atoms with E-state index < -0.39 is 5.60 Å². The van der Waals surface area contributed by atoms with Crippen LogP contribution in [0.4, 0.5) is 0 Å². The van der Waals surface area contributed by atoms with Crippen LogP contribution in [0.3, 0.4) is 0 Å². The monoisotopic (exact) mass is 248 g/mol. The van der Waals surface area contributed by atoms with E-state index in [4.69, 9.17) is 14.2 Å². The summed E-state index contributed by atoms with van der Waals surface area (Å²) in [6.07, 6.45) is 1.16. The molecule has 1 heterocycles. The predicted molar refractivity (Wildman–Crippen MR) is 65.1 cm³/mol. The minimum atomic E-state index is -0.418. The van der Waals surface area contributed by atoms with Crippen LogP contribution in [0.15, 0.2) is 12.1 Å². The number of carbonyl (C=O) groups excluding carboxylic acids is 1. The Balaban J connectivity index is 2.13. The minimum Gasteiger partial charge on any atom is -0.497 e. The summed E-state index contributed by atoms with van der Waals surface area (Å²) < 4.78 is 16.2. The lowest BCUT2D eigenvalue weighted by Crippen LogP contribution is -2.27. The number of esters is 1. The molecule has 0 unspecified atom stereocenters. The Morgan fingerprint density at radius 2 is 2.11 bits per heavy atom. The molecule has 1 aromatic carbocycles. The Morgan fingerprint density at radius 3 is 2.78 bits per heavy atom. The van der Waals surface area contributed by atoms with E-state index in [1.54, 1.807) is 14.2 Å². The maximum absolute atomic E-state index is 11.5. The third-order valence-electron chi connectivity index (χ3n) is 4.03. The zero-order valence-corrected chi connectivity index (χ0v) is 10.8. The molecule has 1 saturated heterocycles. The van der Waals surface area contributed by atoms with Crippen molar-refractivity contribution in [2.75, 3.05) is 14.2 Å². The van der Waals surface area contributed by atoms with E-state index in [0.29, 0.717) is 12.8 Å². The number of rotatable bonds is 2. The van der Waals surface area contributed by atoms with E-state index >= 15 is 0 Å². The third kappa shape index (κ3) is 1.41. The summed E-state index contributed by atoms with van der Waals surface area (Å²) in [4.78, 5) is 11.5. The van der Waals surface area contributed by atoms with Gasteiger partial charge in [0.1, 0.15) is 17.1 Å². The second kappa shape index (κ2) is 3.64. The highest BCUT2D eigenvalue weighted by Gasteiger charge is 2.52. The van der Waals surface area contributed by atoms with Crippen LogP contribution in [0.1, 0.15) is 30.4 Å². The smallest absolute Gasteiger partial charge is 0.307 e. The molecule has 1 aliphatic heterocycles. The zero-order valence-electron chi connectivity index (χ0n) is 10.8. The molecule has 2 atom stereocenters. The van der Waals surface area contributed by atoms with Gasteiger partial charge >= 0.3 is 5.97 Å². The molecule has 0 bridgehead atoms. The fourth-order valence-corrected chi connectivity index (χ4v) is 3.15. The first kappa shape index (κ1) is 11.4. The van der Waals surface area contributed by atoms with Crippen LogP contribution in [0.2, 0.25) is 0 Å². The molecule has 4 nitrogen and oxygen atoms in total. The lowest BCUT2D eigenvalue weighted by atomic mass is 9.89. The van der Waals surface area contributed by atoms with E-state index in [2.05, 4.69) is 0 Å². The largest absolute Gasteiger partial charge is 0.497 e. The molecule has 3 rings (SSSR count). The van der Waals surface area contributed by atoms with Crippen LogP contribution in [0, 0.1) is 0 Å². The first-order chi connectivity index (χ1) is 8.57. The molecule has 1 aromatic rings. The van der Waals surface area contributed by atoms with Gasteiger partial charge in [-0.3, -0.25) is 4.79 Å². The molecule has 0 amide bonds. The van der Waals surface area contributed by atoms with Gasteiger partial charge in [-0.05, 0) is 18.6 Å². The van der Waals surface area contributed by atoms with Gasteiger partial charge in [0.05, 0.1) is 20.6 Å². The molecule has 96 valence electrons. The van der Waals surface area contributed by atoms with Gasteiger partial charge in [-0.2, -0.15) is 0 Å². The summed E-state index contributed by atoms with van der Waals surface area (Å²) in [7, 11) is 3.28. The molecular formula is C14H16O4. The summed E-state index contributed by atoms with van der Waals surface area (Å²) in [5, 5.41) is 0. The number of benzene rings is 1. The summed E-state index contributed by atoms with van der Waals surface area (Å²) >= 11 is 0. The van der Waals surface area contributed by atoms with Gasteiger partial charge in [0, 0.05) is 24.0 Å². The highest BCUT2D eigenvalue weighted by atomic mass is 16.6. The number of methoxy groups -OCH3 is 2. The van der Waals surface area contributed by atoms with Gasteiger partial charge in [0.25, 0.3) is 0 Å². The quantitative estimate of drug-likeness (QED) is 0.751. The van der Waals surface area contributed by atoms with Crippen molar-refractivity contribution in [3.05, 3.63) is 23.3 Å². The molecule has 18 heavy (non-hydrogen) atoms. The molecular weight excluding hydrogens is 232 g/mol. The van der Waals surface area contributed by atoms with Crippen LogP contribution in [-0.2, 0) is 16.0 Å². The number of hydrogen-bond acceptors (Lipinski definition) is 4. The van der Waals surface area contributed by atoms with Gasteiger partial charge in [0.2, 0.25) is 0 Å². The summed E-state index contributed by atoms with van der Waals surface area (Å²) in [5.41, 5.74) is 1.84. The van der Waals surface area contributed by atoms with E-state index in [1.807, 2.05) is 19.1 Å². The molecule has 0 N–H and O–H groups in total. The van der Waals surface area contributed by atoms with Crippen LogP contribution in [0.5, 0.6) is 11.5 Å². The van der Waals surface area contributed by atoms with Gasteiger partial charge < -0.3 is 14.2 Å². The van der Waals surface area contributed by atoms with Crippen LogP contribution in [-0.4, -0.2) is 25.8 Å². The highest BCUT2D eigenvalue weighted by Crippen LogP contribution is 2.52. The average molecular weight is 248 g/mol. The van der Waals surface area contributed by atoms with E-state index in [0.717, 1.165) is 22.6 Å². The van der Waals surface area contributed by atoms with E-state index in [1.165, 1.54) is 0 Å². The second-order valence-corrected chi connectivity index (χ2v) is 5.12. The van der Waals surface area contributed by atoms with Gasteiger partial charge in [0.15, 0.2) is 0 Å². The van der Waals surface area contributed by atoms with Crippen LogP contribution >= 0.6 is 0 Å². The number of fused-ring (bicyclic) bond motifs is 3. The molecule has 1 aliphatic carbocycles. The van der Waals surface area contributed by atoms with Crippen molar-refractivity contribution in [3.8, 4) is 11.5 Å². The Morgan fingerprint density at radius 1 is 1.33 bits per heavy atom. The minimum absolute atomic E-state index is 0.115. The molecule has 4 heteroatoms. The lowest BCUT2D eigenvalue weighted by molar-refractivity contribution is -0.147. The van der Waals surface area contributed by atoms with Crippen LogP contribution < -0.4 is 9.47 Å². The first-order valence-electron chi connectivity index (χ1n) is 6.04. The Bertz CT molecular complexity index is 523. The van der Waals surface area contributed by atoms with Crippen molar-refractivity contribution in [1.82, 2.24) is 0 Å². The molecule has 1 fully saturated rings. The Kier molecular flexibility index (Phi) is 2.30. The Hall–Kier alpha value is -1.71. The van der Waals surface area contributed by atoms with Gasteiger partial charge in [-0.15, -0.1) is 0 Å². The maximum Gasteiger partial charge on any atom is 0.307 e. The van der Waals surface area contributed by atoms with Crippen molar-refractivity contribution >= 4 is 5.97 Å². The van der Waals surface area contributed by atoms with Crippen molar-refractivity contribution in [2.45, 2.75) is 31.3 Å². The molecule has 0 spiro atoms. The van der Waals surface area contributed by atoms with Gasteiger partial charge in [-0.25, -0.2) is 0 Å². The summed E-state index contributed by atoms with van der Waals surface area (Å²) in [6.45, 7) is 1.99. The van der Waals surface area contributed by atoms with E-state index in [-0.39, 0.29) is 11.9 Å². The zero-order chi connectivity index (χ0) is 12.9. The van der Waals surface area contributed by atoms with Gasteiger partial charge in [-0.1, -0.05) is 0 Å². The normalized spacial score (nSPS) is 28.6. The fraction of sp³-hybridized carbons (Fsp3) is 0.500. The summed E-state index contributed by atoms with van der Waals surface area (Å²) in [5.74, 6) is 1.57. The maximum atomic E-state index is 11.5. The number of carbonyl (C=O) groups is 1. The average Bonchev–Trinajstić information content (AvgIpc) is 2.77. The topological polar surface area (TPSA) is 44.8 Å². The van der Waals surface area contributed by atoms with Crippen LogP contribution in [0.25, 0.3) is 0 Å². The highest BCUT2D eigenvalue weighted by molar-refractivity contribution is 5.76. The van der Waals surface area contributed by atoms with Crippen molar-refractivity contribution in [3.63, 3.8) is 0 Å². The lowest BCUT2D eigenvalue weighted by Gasteiger charge is -2.21. The van der Waals surface area contributed by atoms with Crippen molar-refractivity contribution < 1.29 is 19.0 Å².